The number of nitrogens with one attached hydrogen (secondary N) is 1. The summed E-state index contributed by atoms with van der Waals surface area (Å²) in [5.41, 5.74) is 7.26. The summed E-state index contributed by atoms with van der Waals surface area (Å²) < 4.78 is 0. The lowest BCUT2D eigenvalue weighted by molar-refractivity contribution is -0.124. The van der Waals surface area contributed by atoms with Crippen LogP contribution in [0.4, 0.5) is 0 Å². The lowest BCUT2D eigenvalue weighted by atomic mass is 10.1. The van der Waals surface area contributed by atoms with Crippen LogP contribution >= 0.6 is 0 Å². The van der Waals surface area contributed by atoms with Crippen LogP contribution in [0.2, 0.25) is 0 Å². The van der Waals surface area contributed by atoms with Gasteiger partial charge >= 0.3 is 0 Å². The second-order valence-corrected chi connectivity index (χ2v) is 4.83. The Bertz CT molecular complexity index is 503. The molecule has 0 radical (unpaired) electrons. The standard InChI is InChI=1S/C13H18N4O2/c1-8-3-9(6-16-5-8)13(19)17-7-10(14)4-11(17)12(18)15-2/h3,5-6,10-11H,4,7,14H2,1-2H3,(H,15,18)/t10-,11-/m0/s1. The van der Waals surface area contributed by atoms with E-state index in [9.17, 15) is 9.59 Å². The maximum atomic E-state index is 12.4. The maximum absolute atomic E-state index is 12.4. The molecular weight excluding hydrogens is 244 g/mol. The van der Waals surface area contributed by atoms with Crippen molar-refractivity contribution in [2.24, 2.45) is 5.73 Å². The van der Waals surface area contributed by atoms with Crippen LogP contribution < -0.4 is 11.1 Å². The van der Waals surface area contributed by atoms with Gasteiger partial charge in [-0.2, -0.15) is 0 Å². The molecule has 6 heteroatoms. The number of pyridine rings is 1. The number of nitrogens with two attached hydrogens (primary N) is 1. The summed E-state index contributed by atoms with van der Waals surface area (Å²) >= 11 is 0. The third-order valence-electron chi connectivity index (χ3n) is 3.27. The number of aryl methyl sites for hydroxylation is 1. The molecule has 1 aliphatic rings. The van der Waals surface area contributed by atoms with Gasteiger partial charge in [-0.1, -0.05) is 0 Å². The molecule has 0 saturated carbocycles. The van der Waals surface area contributed by atoms with Crippen LogP contribution in [0.15, 0.2) is 18.5 Å². The summed E-state index contributed by atoms with van der Waals surface area (Å²) in [6, 6.07) is 1.11. The Kier molecular flexibility index (Phi) is 3.80. The second-order valence-electron chi connectivity index (χ2n) is 4.83. The van der Waals surface area contributed by atoms with E-state index in [0.717, 1.165) is 5.56 Å². The summed E-state index contributed by atoms with van der Waals surface area (Å²) in [5.74, 6) is -0.375. The highest BCUT2D eigenvalue weighted by Gasteiger charge is 2.38. The molecule has 0 bridgehead atoms. The molecule has 19 heavy (non-hydrogen) atoms. The minimum Gasteiger partial charge on any atom is -0.357 e. The van der Waals surface area contributed by atoms with E-state index in [-0.39, 0.29) is 17.9 Å². The molecule has 0 unspecified atom stereocenters. The highest BCUT2D eigenvalue weighted by molar-refractivity contribution is 5.97. The Labute approximate surface area is 112 Å². The molecule has 3 N–H and O–H groups in total. The quantitative estimate of drug-likeness (QED) is 0.764. The first kappa shape index (κ1) is 13.5. The van der Waals surface area contributed by atoms with Crippen LogP contribution in [0, 0.1) is 6.92 Å². The molecule has 2 amide bonds. The third-order valence-corrected chi connectivity index (χ3v) is 3.27. The molecule has 1 aromatic heterocycles. The van der Waals surface area contributed by atoms with Gasteiger partial charge < -0.3 is 16.0 Å². The molecule has 1 aliphatic heterocycles. The van der Waals surface area contributed by atoms with Gasteiger partial charge in [0.25, 0.3) is 5.91 Å². The maximum Gasteiger partial charge on any atom is 0.256 e. The van der Waals surface area contributed by atoms with Crippen molar-refractivity contribution in [2.75, 3.05) is 13.6 Å². The van der Waals surface area contributed by atoms with Crippen molar-refractivity contribution >= 4 is 11.8 Å². The first-order chi connectivity index (χ1) is 9.02. The van der Waals surface area contributed by atoms with Crippen LogP contribution in [0.25, 0.3) is 0 Å². The van der Waals surface area contributed by atoms with Gasteiger partial charge in [0, 0.05) is 32.0 Å². The minimum atomic E-state index is -0.493. The van der Waals surface area contributed by atoms with Crippen molar-refractivity contribution in [3.05, 3.63) is 29.6 Å². The molecule has 102 valence electrons. The molecular formula is C13H18N4O2. The number of carbonyl (C=O) groups excluding carboxylic acids is 2. The fourth-order valence-electron chi connectivity index (χ4n) is 2.35. The van der Waals surface area contributed by atoms with E-state index in [1.165, 1.54) is 11.1 Å². The first-order valence-corrected chi connectivity index (χ1v) is 6.22. The smallest absolute Gasteiger partial charge is 0.256 e. The molecule has 2 heterocycles. The highest BCUT2D eigenvalue weighted by atomic mass is 16.2. The number of likely N-dealkylation sites (N-methyl/N-ethyl adjacent to an activating group) is 1. The van der Waals surface area contributed by atoms with E-state index in [4.69, 9.17) is 5.73 Å². The van der Waals surface area contributed by atoms with E-state index >= 15 is 0 Å². The topological polar surface area (TPSA) is 88.3 Å². The Hall–Kier alpha value is -1.95. The minimum absolute atomic E-state index is 0.163. The number of amides is 2. The van der Waals surface area contributed by atoms with Crippen LogP contribution in [-0.4, -0.2) is 47.4 Å². The Morgan fingerprint density at radius 1 is 1.47 bits per heavy atom. The number of aromatic nitrogens is 1. The van der Waals surface area contributed by atoms with Crippen molar-refractivity contribution in [3.63, 3.8) is 0 Å². The Morgan fingerprint density at radius 2 is 2.21 bits per heavy atom. The van der Waals surface area contributed by atoms with Gasteiger partial charge in [0.1, 0.15) is 6.04 Å². The lowest BCUT2D eigenvalue weighted by Crippen LogP contribution is -2.45. The third kappa shape index (κ3) is 2.73. The summed E-state index contributed by atoms with van der Waals surface area (Å²) in [4.78, 5) is 29.8. The van der Waals surface area contributed by atoms with E-state index in [0.29, 0.717) is 18.5 Å². The summed E-state index contributed by atoms with van der Waals surface area (Å²) in [5, 5.41) is 2.57. The van der Waals surface area contributed by atoms with Crippen LogP contribution in [0.3, 0.4) is 0 Å². The van der Waals surface area contributed by atoms with Crippen molar-refractivity contribution < 1.29 is 9.59 Å². The molecule has 2 rings (SSSR count). The highest BCUT2D eigenvalue weighted by Crippen LogP contribution is 2.19. The number of likely N-dealkylation sites (tertiary alicyclic amines) is 1. The summed E-state index contributed by atoms with van der Waals surface area (Å²) in [6.45, 7) is 2.26. The number of hydrogen-bond acceptors (Lipinski definition) is 4. The number of nitrogens with zero attached hydrogens (tertiary/aromatic N) is 2. The molecule has 2 atom stereocenters. The zero-order chi connectivity index (χ0) is 14.0. The largest absolute Gasteiger partial charge is 0.357 e. The van der Waals surface area contributed by atoms with Crippen molar-refractivity contribution in [3.8, 4) is 0 Å². The van der Waals surface area contributed by atoms with Gasteiger partial charge in [-0.3, -0.25) is 14.6 Å². The van der Waals surface area contributed by atoms with Gasteiger partial charge in [0.05, 0.1) is 5.56 Å². The fraction of sp³-hybridized carbons (Fsp3) is 0.462. The molecule has 1 fully saturated rings. The van der Waals surface area contributed by atoms with Crippen molar-refractivity contribution in [1.29, 1.82) is 0 Å². The monoisotopic (exact) mass is 262 g/mol. The van der Waals surface area contributed by atoms with E-state index < -0.39 is 6.04 Å². The van der Waals surface area contributed by atoms with Gasteiger partial charge in [-0.25, -0.2) is 0 Å². The molecule has 0 aromatic carbocycles. The zero-order valence-electron chi connectivity index (χ0n) is 11.1. The average molecular weight is 262 g/mol. The first-order valence-electron chi connectivity index (χ1n) is 6.22. The van der Waals surface area contributed by atoms with E-state index in [1.807, 2.05) is 6.92 Å². The van der Waals surface area contributed by atoms with Crippen molar-refractivity contribution in [2.45, 2.75) is 25.4 Å². The molecule has 1 saturated heterocycles. The van der Waals surface area contributed by atoms with Crippen molar-refractivity contribution in [1.82, 2.24) is 15.2 Å². The second kappa shape index (κ2) is 5.36. The molecule has 0 spiro atoms. The van der Waals surface area contributed by atoms with Gasteiger partial charge in [0.15, 0.2) is 0 Å². The average Bonchev–Trinajstić information content (AvgIpc) is 2.79. The normalized spacial score (nSPS) is 22.4. The Balaban J connectivity index is 2.24. The van der Waals surface area contributed by atoms with Gasteiger partial charge in [-0.05, 0) is 25.0 Å². The van der Waals surface area contributed by atoms with Gasteiger partial charge in [0.2, 0.25) is 5.91 Å². The fourth-order valence-corrected chi connectivity index (χ4v) is 2.35. The van der Waals surface area contributed by atoms with Crippen LogP contribution in [0.5, 0.6) is 0 Å². The predicted octanol–water partition coefficient (Wildman–Crippen LogP) is -0.322. The summed E-state index contributed by atoms with van der Waals surface area (Å²) in [6.07, 6.45) is 3.69. The predicted molar refractivity (Wildman–Crippen MR) is 70.5 cm³/mol. The van der Waals surface area contributed by atoms with E-state index in [2.05, 4.69) is 10.3 Å². The number of carbonyl (C=O) groups is 2. The molecule has 6 nitrogen and oxygen atoms in total. The summed E-state index contributed by atoms with van der Waals surface area (Å²) in [7, 11) is 1.56. The van der Waals surface area contributed by atoms with Crippen LogP contribution in [-0.2, 0) is 4.79 Å². The molecule has 0 aliphatic carbocycles. The van der Waals surface area contributed by atoms with E-state index in [1.54, 1.807) is 19.3 Å². The number of rotatable bonds is 2. The lowest BCUT2D eigenvalue weighted by Gasteiger charge is -2.23. The number of hydrogen-bond donors (Lipinski definition) is 2. The van der Waals surface area contributed by atoms with Crippen LogP contribution in [0.1, 0.15) is 22.3 Å². The van der Waals surface area contributed by atoms with Gasteiger partial charge in [-0.15, -0.1) is 0 Å². The molecule has 1 aromatic rings. The SMILES string of the molecule is CNC(=O)[C@@H]1C[C@H](N)CN1C(=O)c1cncc(C)c1. The zero-order valence-corrected chi connectivity index (χ0v) is 11.1. The Morgan fingerprint density at radius 3 is 2.84 bits per heavy atom.